The zero-order chi connectivity index (χ0) is 10.7. The minimum absolute atomic E-state index is 0.184. The molecule has 0 aromatic carbocycles. The van der Waals surface area contributed by atoms with Crippen molar-refractivity contribution < 1.29 is 9.53 Å². The Hall–Kier alpha value is -1.60. The topological polar surface area (TPSA) is 55.0 Å². The van der Waals surface area contributed by atoms with Crippen molar-refractivity contribution in [1.29, 1.82) is 5.26 Å². The van der Waals surface area contributed by atoms with Crippen LogP contribution in [0.1, 0.15) is 28.9 Å². The molecule has 0 saturated carbocycles. The number of hydrogen-bond acceptors (Lipinski definition) is 3. The van der Waals surface area contributed by atoms with E-state index in [0.29, 0.717) is 17.8 Å². The molecule has 2 rings (SSSR count). The van der Waals surface area contributed by atoms with Gasteiger partial charge in [0.25, 0.3) is 0 Å². The van der Waals surface area contributed by atoms with Crippen LogP contribution in [0.15, 0.2) is 12.3 Å². The number of nitriles is 1. The van der Waals surface area contributed by atoms with Crippen LogP contribution >= 0.6 is 0 Å². The molecule has 0 aliphatic carbocycles. The monoisotopic (exact) mass is 204 g/mol. The maximum Gasteiger partial charge on any atom is 0.151 e. The van der Waals surface area contributed by atoms with Gasteiger partial charge < -0.3 is 9.30 Å². The number of hydrogen-bond donors (Lipinski definition) is 0. The number of nitrogens with zero attached hydrogens (tertiary/aromatic N) is 2. The fraction of sp³-hybridized carbons (Fsp3) is 0.455. The van der Waals surface area contributed by atoms with Gasteiger partial charge in [0, 0.05) is 24.9 Å². The summed E-state index contributed by atoms with van der Waals surface area (Å²) in [5.41, 5.74) is 1.07. The smallest absolute Gasteiger partial charge is 0.151 e. The van der Waals surface area contributed by atoms with Crippen LogP contribution in [-0.2, 0) is 11.3 Å². The summed E-state index contributed by atoms with van der Waals surface area (Å²) in [7, 11) is 0. The Labute approximate surface area is 88.1 Å². The van der Waals surface area contributed by atoms with E-state index in [1.807, 2.05) is 0 Å². The average Bonchev–Trinajstić information content (AvgIpc) is 2.87. The van der Waals surface area contributed by atoms with Crippen LogP contribution in [0.3, 0.4) is 0 Å². The first-order chi connectivity index (χ1) is 7.33. The molecular weight excluding hydrogens is 192 g/mol. The predicted octanol–water partition coefficient (Wildman–Crippen LogP) is 1.35. The van der Waals surface area contributed by atoms with Crippen molar-refractivity contribution in [2.45, 2.75) is 25.5 Å². The van der Waals surface area contributed by atoms with Gasteiger partial charge in [0.2, 0.25) is 0 Å². The van der Waals surface area contributed by atoms with E-state index < -0.39 is 0 Å². The van der Waals surface area contributed by atoms with Gasteiger partial charge in [-0.15, -0.1) is 0 Å². The highest BCUT2D eigenvalue weighted by Crippen LogP contribution is 2.16. The second-order valence-corrected chi connectivity index (χ2v) is 3.68. The molecule has 78 valence electrons. The molecule has 1 aromatic heterocycles. The van der Waals surface area contributed by atoms with Gasteiger partial charge in [-0.05, 0) is 18.9 Å². The normalized spacial score (nSPS) is 20.1. The highest BCUT2D eigenvalue weighted by Gasteiger charge is 2.17. The van der Waals surface area contributed by atoms with E-state index in [1.54, 1.807) is 16.8 Å². The molecule has 4 nitrogen and oxygen atoms in total. The number of aromatic nitrogens is 1. The van der Waals surface area contributed by atoms with Gasteiger partial charge in [-0.3, -0.25) is 4.79 Å². The zero-order valence-electron chi connectivity index (χ0n) is 8.35. The molecule has 1 aliphatic heterocycles. The van der Waals surface area contributed by atoms with Gasteiger partial charge in [-0.25, -0.2) is 0 Å². The average molecular weight is 204 g/mol. The van der Waals surface area contributed by atoms with Gasteiger partial charge in [0.15, 0.2) is 6.29 Å². The van der Waals surface area contributed by atoms with E-state index in [1.165, 1.54) is 0 Å². The summed E-state index contributed by atoms with van der Waals surface area (Å²) >= 11 is 0. The SMILES string of the molecule is N#Cc1cc(C=O)cn1C[C@@H]1CCCO1. The van der Waals surface area contributed by atoms with E-state index in [4.69, 9.17) is 10.00 Å². The second kappa shape index (κ2) is 4.28. The molecule has 2 heterocycles. The van der Waals surface area contributed by atoms with E-state index >= 15 is 0 Å². The fourth-order valence-corrected chi connectivity index (χ4v) is 1.85. The predicted molar refractivity (Wildman–Crippen MR) is 53.5 cm³/mol. The summed E-state index contributed by atoms with van der Waals surface area (Å²) in [5.74, 6) is 0. The maximum absolute atomic E-state index is 10.6. The Kier molecular flexibility index (Phi) is 2.84. The number of ether oxygens (including phenoxy) is 1. The summed E-state index contributed by atoms with van der Waals surface area (Å²) in [6, 6.07) is 3.67. The van der Waals surface area contributed by atoms with E-state index in [0.717, 1.165) is 25.7 Å². The van der Waals surface area contributed by atoms with Crippen molar-refractivity contribution in [2.75, 3.05) is 6.61 Å². The van der Waals surface area contributed by atoms with Gasteiger partial charge in [-0.2, -0.15) is 5.26 Å². The molecular formula is C11H12N2O2. The lowest BCUT2D eigenvalue weighted by Gasteiger charge is -2.10. The number of rotatable bonds is 3. The van der Waals surface area contributed by atoms with Gasteiger partial charge in [-0.1, -0.05) is 0 Å². The minimum Gasteiger partial charge on any atom is -0.376 e. The van der Waals surface area contributed by atoms with E-state index in [-0.39, 0.29) is 6.10 Å². The quantitative estimate of drug-likeness (QED) is 0.698. The van der Waals surface area contributed by atoms with Crippen LogP contribution in [0.2, 0.25) is 0 Å². The summed E-state index contributed by atoms with van der Waals surface area (Å²) in [6.07, 6.45) is 4.75. The van der Waals surface area contributed by atoms with E-state index in [2.05, 4.69) is 6.07 Å². The Morgan fingerprint density at radius 2 is 2.60 bits per heavy atom. The van der Waals surface area contributed by atoms with Crippen molar-refractivity contribution >= 4 is 6.29 Å². The largest absolute Gasteiger partial charge is 0.376 e. The molecule has 1 aromatic rings. The molecule has 1 atom stereocenters. The number of carbonyl (C=O) groups excluding carboxylic acids is 1. The lowest BCUT2D eigenvalue weighted by Crippen LogP contribution is -2.15. The van der Waals surface area contributed by atoms with Crippen LogP contribution in [0.5, 0.6) is 0 Å². The molecule has 0 spiro atoms. The number of aldehydes is 1. The summed E-state index contributed by atoms with van der Waals surface area (Å²) < 4.78 is 7.27. The van der Waals surface area contributed by atoms with Crippen molar-refractivity contribution in [3.63, 3.8) is 0 Å². The van der Waals surface area contributed by atoms with Gasteiger partial charge in [0.05, 0.1) is 6.10 Å². The first-order valence-electron chi connectivity index (χ1n) is 5.00. The first-order valence-corrected chi connectivity index (χ1v) is 5.00. The standard InChI is InChI=1S/C11H12N2O2/c12-5-10-4-9(8-14)6-13(10)7-11-2-1-3-15-11/h4,6,8,11H,1-3,7H2/t11-/m0/s1. The van der Waals surface area contributed by atoms with Crippen molar-refractivity contribution in [2.24, 2.45) is 0 Å². The molecule has 15 heavy (non-hydrogen) atoms. The molecule has 1 saturated heterocycles. The van der Waals surface area contributed by atoms with Crippen LogP contribution in [0, 0.1) is 11.3 Å². The summed E-state index contributed by atoms with van der Waals surface area (Å²) in [5, 5.41) is 8.87. The second-order valence-electron chi connectivity index (χ2n) is 3.68. The molecule has 0 bridgehead atoms. The third kappa shape index (κ3) is 2.08. The third-order valence-corrected chi connectivity index (χ3v) is 2.59. The molecule has 0 unspecified atom stereocenters. The Balaban J connectivity index is 2.15. The molecule has 0 amide bonds. The van der Waals surface area contributed by atoms with Gasteiger partial charge >= 0.3 is 0 Å². The van der Waals surface area contributed by atoms with Crippen molar-refractivity contribution in [1.82, 2.24) is 4.57 Å². The van der Waals surface area contributed by atoms with Gasteiger partial charge in [0.1, 0.15) is 11.8 Å². The Bertz CT molecular complexity index is 397. The third-order valence-electron chi connectivity index (χ3n) is 2.59. The minimum atomic E-state index is 0.184. The molecule has 4 heteroatoms. The van der Waals surface area contributed by atoms with E-state index in [9.17, 15) is 4.79 Å². The van der Waals surface area contributed by atoms with Crippen LogP contribution in [0.4, 0.5) is 0 Å². The summed E-state index contributed by atoms with van der Waals surface area (Å²) in [6.45, 7) is 1.46. The first kappa shape index (κ1) is 9.94. The fourth-order valence-electron chi connectivity index (χ4n) is 1.85. The lowest BCUT2D eigenvalue weighted by atomic mass is 10.2. The number of carbonyl (C=O) groups is 1. The van der Waals surface area contributed by atoms with Crippen molar-refractivity contribution in [3.8, 4) is 6.07 Å². The maximum atomic E-state index is 10.6. The summed E-state index contributed by atoms with van der Waals surface area (Å²) in [4.78, 5) is 10.6. The lowest BCUT2D eigenvalue weighted by molar-refractivity contribution is 0.0968. The van der Waals surface area contributed by atoms with Crippen LogP contribution < -0.4 is 0 Å². The van der Waals surface area contributed by atoms with Crippen LogP contribution in [-0.4, -0.2) is 23.6 Å². The highest BCUT2D eigenvalue weighted by atomic mass is 16.5. The molecule has 0 radical (unpaired) electrons. The Morgan fingerprint density at radius 1 is 1.73 bits per heavy atom. The van der Waals surface area contributed by atoms with Crippen molar-refractivity contribution in [3.05, 3.63) is 23.5 Å². The van der Waals surface area contributed by atoms with Crippen LogP contribution in [0.25, 0.3) is 0 Å². The highest BCUT2D eigenvalue weighted by molar-refractivity contribution is 5.75. The zero-order valence-corrected chi connectivity index (χ0v) is 8.35. The molecule has 0 N–H and O–H groups in total. The Morgan fingerprint density at radius 3 is 3.20 bits per heavy atom. The molecule has 1 aliphatic rings. The molecule has 1 fully saturated rings.